The molecule has 0 bridgehead atoms. The van der Waals surface area contributed by atoms with Gasteiger partial charge in [-0.3, -0.25) is 14.5 Å². The molecule has 0 saturated heterocycles. The van der Waals surface area contributed by atoms with Gasteiger partial charge in [-0.15, -0.1) is 0 Å². The highest BCUT2D eigenvalue weighted by molar-refractivity contribution is 5.88. The van der Waals surface area contributed by atoms with Crippen LogP contribution in [-0.4, -0.2) is 51.7 Å². The molecule has 0 amide bonds. The Balaban J connectivity index is 0.000000211. The lowest BCUT2D eigenvalue weighted by Gasteiger charge is -2.40. The van der Waals surface area contributed by atoms with Crippen LogP contribution in [0.15, 0.2) is 36.0 Å². The predicted molar refractivity (Wildman–Crippen MR) is 99.4 cm³/mol. The molecule has 1 aromatic heterocycles. The van der Waals surface area contributed by atoms with Crippen LogP contribution in [-0.2, 0) is 16.0 Å². The molecule has 0 saturated carbocycles. The summed E-state index contributed by atoms with van der Waals surface area (Å²) in [5.74, 6) is -1.59. The first-order valence-electron chi connectivity index (χ1n) is 8.76. The second kappa shape index (κ2) is 7.33. The van der Waals surface area contributed by atoms with Crippen LogP contribution in [0.5, 0.6) is 0 Å². The molecule has 0 radical (unpaired) electrons. The second-order valence-corrected chi connectivity index (χ2v) is 7.10. The van der Waals surface area contributed by atoms with Gasteiger partial charge in [-0.25, -0.2) is 0 Å². The van der Waals surface area contributed by atoms with E-state index in [9.17, 15) is 9.59 Å². The highest BCUT2D eigenvalue weighted by Crippen LogP contribution is 2.41. The lowest BCUT2D eigenvalue weighted by Crippen LogP contribution is -2.43. The van der Waals surface area contributed by atoms with Crippen molar-refractivity contribution >= 4 is 22.8 Å². The quantitative estimate of drug-likeness (QED) is 0.735. The Morgan fingerprint density at radius 3 is 2.58 bits per heavy atom. The number of hydrogen-bond donors (Lipinski definition) is 3. The topological polar surface area (TPSA) is 93.6 Å². The van der Waals surface area contributed by atoms with E-state index in [1.54, 1.807) is 0 Å². The highest BCUT2D eigenvalue weighted by atomic mass is 16.4. The summed E-state index contributed by atoms with van der Waals surface area (Å²) >= 11 is 0. The van der Waals surface area contributed by atoms with Gasteiger partial charge in [-0.1, -0.05) is 23.8 Å². The highest BCUT2D eigenvalue weighted by Gasteiger charge is 2.34. The van der Waals surface area contributed by atoms with Gasteiger partial charge in [-0.05, 0) is 37.6 Å². The summed E-state index contributed by atoms with van der Waals surface area (Å²) in [4.78, 5) is 25.2. The molecule has 2 atom stereocenters. The van der Waals surface area contributed by atoms with Crippen molar-refractivity contribution in [2.24, 2.45) is 0 Å². The number of fused-ring (bicyclic) bond motifs is 2. The fourth-order valence-corrected chi connectivity index (χ4v) is 4.00. The number of H-pyrrole nitrogens is 1. The maximum Gasteiger partial charge on any atom is 0.303 e. The molecule has 6 heteroatoms. The number of rotatable bonds is 3. The van der Waals surface area contributed by atoms with E-state index >= 15 is 0 Å². The number of carboxylic acids is 2. The SMILES string of the molecule is CC1=CC2c3cccc4[nH]cc(c34)CC2N(C)C1.O=C(O)CCC(=O)O. The Morgan fingerprint density at radius 1 is 1.23 bits per heavy atom. The molecule has 0 spiro atoms. The molecule has 1 aromatic carbocycles. The van der Waals surface area contributed by atoms with Gasteiger partial charge in [-0.2, -0.15) is 0 Å². The number of likely N-dealkylation sites (N-methyl/N-ethyl adjacent to an activating group) is 1. The van der Waals surface area contributed by atoms with Crippen molar-refractivity contribution < 1.29 is 19.8 Å². The molecule has 26 heavy (non-hydrogen) atoms. The van der Waals surface area contributed by atoms with Crippen LogP contribution in [0.2, 0.25) is 0 Å². The van der Waals surface area contributed by atoms with Gasteiger partial charge in [0.1, 0.15) is 0 Å². The van der Waals surface area contributed by atoms with Gasteiger partial charge in [0, 0.05) is 35.6 Å². The normalized spacial score (nSPS) is 21.4. The number of aliphatic carboxylic acids is 2. The Labute approximate surface area is 152 Å². The molecule has 1 aliphatic heterocycles. The summed E-state index contributed by atoms with van der Waals surface area (Å²) in [6.45, 7) is 3.36. The molecular weight excluding hydrogens is 332 g/mol. The number of nitrogens with one attached hydrogen (secondary N) is 1. The van der Waals surface area contributed by atoms with Crippen molar-refractivity contribution in [3.05, 3.63) is 47.2 Å². The van der Waals surface area contributed by atoms with Crippen molar-refractivity contribution in [2.75, 3.05) is 13.6 Å². The number of hydrogen-bond acceptors (Lipinski definition) is 3. The number of aromatic nitrogens is 1. The largest absolute Gasteiger partial charge is 0.481 e. The van der Waals surface area contributed by atoms with Gasteiger partial charge in [0.25, 0.3) is 0 Å². The van der Waals surface area contributed by atoms with E-state index in [1.807, 2.05) is 0 Å². The number of aromatic amines is 1. The summed E-state index contributed by atoms with van der Waals surface area (Å²) in [5, 5.41) is 17.3. The van der Waals surface area contributed by atoms with Gasteiger partial charge in [0.05, 0.1) is 12.8 Å². The zero-order chi connectivity index (χ0) is 18.8. The Morgan fingerprint density at radius 2 is 1.92 bits per heavy atom. The first kappa shape index (κ1) is 18.2. The summed E-state index contributed by atoms with van der Waals surface area (Å²) in [5.41, 5.74) is 5.78. The minimum absolute atomic E-state index is 0.296. The summed E-state index contributed by atoms with van der Waals surface area (Å²) in [6, 6.07) is 7.30. The number of nitrogens with zero attached hydrogens (tertiary/aromatic N) is 1. The molecule has 2 unspecified atom stereocenters. The lowest BCUT2D eigenvalue weighted by atomic mass is 9.77. The average Bonchev–Trinajstić information content (AvgIpc) is 2.99. The molecular formula is C20H24N2O4. The fraction of sp³-hybridized carbons (Fsp3) is 0.400. The van der Waals surface area contributed by atoms with Gasteiger partial charge < -0.3 is 15.2 Å². The number of benzene rings is 1. The van der Waals surface area contributed by atoms with Crippen LogP contribution in [0.4, 0.5) is 0 Å². The maximum absolute atomic E-state index is 9.64. The molecule has 2 heterocycles. The number of carbonyl (C=O) groups is 2. The van der Waals surface area contributed by atoms with E-state index in [0.717, 1.165) is 6.54 Å². The molecule has 4 rings (SSSR count). The van der Waals surface area contributed by atoms with Crippen molar-refractivity contribution in [2.45, 2.75) is 38.1 Å². The minimum Gasteiger partial charge on any atom is -0.481 e. The van der Waals surface area contributed by atoms with E-state index in [0.29, 0.717) is 12.0 Å². The molecule has 2 aliphatic rings. The first-order chi connectivity index (χ1) is 12.4. The first-order valence-corrected chi connectivity index (χ1v) is 8.76. The Bertz CT molecular complexity index is 854. The molecule has 138 valence electrons. The predicted octanol–water partition coefficient (Wildman–Crippen LogP) is 3.00. The third-order valence-corrected chi connectivity index (χ3v) is 5.10. The van der Waals surface area contributed by atoms with E-state index in [-0.39, 0.29) is 12.8 Å². The summed E-state index contributed by atoms with van der Waals surface area (Å²) < 4.78 is 0. The van der Waals surface area contributed by atoms with Crippen LogP contribution in [0.3, 0.4) is 0 Å². The summed E-state index contributed by atoms with van der Waals surface area (Å²) in [7, 11) is 2.26. The van der Waals surface area contributed by atoms with E-state index in [4.69, 9.17) is 10.2 Å². The van der Waals surface area contributed by atoms with Crippen molar-refractivity contribution in [3.8, 4) is 0 Å². The standard InChI is InChI=1S/C16H18N2.C4H6O4/c1-10-6-13-12-4-3-5-14-16(12)11(8-17-14)7-15(13)18(2)9-10;5-3(6)1-2-4(7)8/h3-6,8,13,15,17H,7,9H2,1-2H3;1-2H2,(H,5,6)(H,7,8). The van der Waals surface area contributed by atoms with Gasteiger partial charge in [0.2, 0.25) is 0 Å². The molecule has 1 aliphatic carbocycles. The van der Waals surface area contributed by atoms with Crippen molar-refractivity contribution in [1.29, 1.82) is 0 Å². The average molecular weight is 356 g/mol. The monoisotopic (exact) mass is 356 g/mol. The lowest BCUT2D eigenvalue weighted by molar-refractivity contribution is -0.143. The van der Waals surface area contributed by atoms with Crippen LogP contribution in [0.1, 0.15) is 36.8 Å². The third-order valence-electron chi connectivity index (χ3n) is 5.10. The van der Waals surface area contributed by atoms with Gasteiger partial charge >= 0.3 is 11.9 Å². The van der Waals surface area contributed by atoms with E-state index < -0.39 is 11.9 Å². The van der Waals surface area contributed by atoms with Crippen molar-refractivity contribution in [1.82, 2.24) is 9.88 Å². The Kier molecular flexibility index (Phi) is 5.13. The fourth-order valence-electron chi connectivity index (χ4n) is 4.00. The summed E-state index contributed by atoms with van der Waals surface area (Å²) in [6.07, 6.45) is 5.26. The molecule has 2 aromatic rings. The van der Waals surface area contributed by atoms with E-state index in [2.05, 4.69) is 54.3 Å². The second-order valence-electron chi connectivity index (χ2n) is 7.10. The zero-order valence-corrected chi connectivity index (χ0v) is 15.0. The van der Waals surface area contributed by atoms with Crippen LogP contribution < -0.4 is 0 Å². The van der Waals surface area contributed by atoms with Crippen LogP contribution in [0.25, 0.3) is 10.9 Å². The van der Waals surface area contributed by atoms with E-state index in [1.165, 1.54) is 34.0 Å². The molecule has 3 N–H and O–H groups in total. The van der Waals surface area contributed by atoms with Crippen LogP contribution >= 0.6 is 0 Å². The zero-order valence-electron chi connectivity index (χ0n) is 15.0. The van der Waals surface area contributed by atoms with Crippen LogP contribution in [0, 0.1) is 0 Å². The minimum atomic E-state index is -1.08. The molecule has 6 nitrogen and oxygen atoms in total. The maximum atomic E-state index is 9.64. The smallest absolute Gasteiger partial charge is 0.303 e. The number of carboxylic acid groups (broad SMARTS) is 2. The third kappa shape index (κ3) is 3.65. The van der Waals surface area contributed by atoms with Crippen molar-refractivity contribution in [3.63, 3.8) is 0 Å². The molecule has 0 fully saturated rings. The Hall–Kier alpha value is -2.60. The van der Waals surface area contributed by atoms with Gasteiger partial charge in [0.15, 0.2) is 0 Å².